The number of amides is 1. The summed E-state index contributed by atoms with van der Waals surface area (Å²) in [4.78, 5) is 30.4. The Balaban J connectivity index is 1.52. The number of hydrogen-bond acceptors (Lipinski definition) is 4. The molecule has 160 valence electrons. The summed E-state index contributed by atoms with van der Waals surface area (Å²) in [6.45, 7) is 0. The maximum atomic E-state index is 13.0. The quantitative estimate of drug-likeness (QED) is 0.394. The number of nitrogens with one attached hydrogen (secondary N) is 1. The first-order valence-electron chi connectivity index (χ1n) is 10.7. The van der Waals surface area contributed by atoms with Crippen LogP contribution in [-0.2, 0) is 0 Å². The number of carbonyl (C=O) groups is 1. The molecule has 0 radical (unpaired) electrons. The van der Waals surface area contributed by atoms with E-state index in [4.69, 9.17) is 16.0 Å². The van der Waals surface area contributed by atoms with E-state index in [-0.39, 0.29) is 11.3 Å². The lowest BCUT2D eigenvalue weighted by Gasteiger charge is -2.12. The van der Waals surface area contributed by atoms with E-state index in [1.807, 2.05) is 24.3 Å². The zero-order chi connectivity index (χ0) is 22.1. The van der Waals surface area contributed by atoms with Crippen LogP contribution in [0.3, 0.4) is 0 Å². The monoisotopic (exact) mass is 444 g/mol. The number of carbonyl (C=O) groups excluding carboxylic acids is 1. The van der Waals surface area contributed by atoms with Gasteiger partial charge in [-0.25, -0.2) is 4.98 Å². The van der Waals surface area contributed by atoms with Crippen molar-refractivity contribution < 1.29 is 9.21 Å². The second kappa shape index (κ2) is 8.60. The Labute approximate surface area is 190 Å². The molecule has 5 nitrogen and oxygen atoms in total. The number of para-hydroxylation sites is 1. The average molecular weight is 445 g/mol. The number of halogens is 1. The van der Waals surface area contributed by atoms with Gasteiger partial charge in [-0.05, 0) is 49.2 Å². The summed E-state index contributed by atoms with van der Waals surface area (Å²) < 4.78 is 6.06. The molecule has 1 aliphatic carbocycles. The number of anilines is 1. The van der Waals surface area contributed by atoms with Crippen LogP contribution in [0.5, 0.6) is 0 Å². The molecule has 5 rings (SSSR count). The van der Waals surface area contributed by atoms with Gasteiger partial charge in [-0.1, -0.05) is 48.7 Å². The molecule has 2 aromatic carbocycles. The minimum absolute atomic E-state index is 0.210. The molecular weight excluding hydrogens is 424 g/mol. The number of fused-ring (bicyclic) bond motifs is 1. The molecule has 4 aromatic rings. The van der Waals surface area contributed by atoms with E-state index >= 15 is 0 Å². The van der Waals surface area contributed by atoms with E-state index in [0.29, 0.717) is 44.6 Å². The van der Waals surface area contributed by atoms with Crippen LogP contribution in [0.2, 0.25) is 5.02 Å². The summed E-state index contributed by atoms with van der Waals surface area (Å²) in [5, 5.41) is 3.73. The van der Waals surface area contributed by atoms with E-state index in [2.05, 4.69) is 10.3 Å². The minimum Gasteiger partial charge on any atom is -0.454 e. The average Bonchev–Trinajstić information content (AvgIpc) is 3.35. The first-order chi connectivity index (χ1) is 15.6. The van der Waals surface area contributed by atoms with Crippen molar-refractivity contribution in [3.8, 4) is 11.3 Å². The van der Waals surface area contributed by atoms with Crippen molar-refractivity contribution in [2.24, 2.45) is 0 Å². The van der Waals surface area contributed by atoms with Gasteiger partial charge in [0.2, 0.25) is 0 Å². The van der Waals surface area contributed by atoms with E-state index < -0.39 is 0 Å². The maximum absolute atomic E-state index is 13.0. The lowest BCUT2D eigenvalue weighted by atomic mass is 10.0. The van der Waals surface area contributed by atoms with Crippen LogP contribution in [0.15, 0.2) is 75.9 Å². The molecule has 2 heterocycles. The predicted molar refractivity (Wildman–Crippen MR) is 126 cm³/mol. The van der Waals surface area contributed by atoms with Gasteiger partial charge in [0.05, 0.1) is 16.1 Å². The number of hydrogen-bond donors (Lipinski definition) is 1. The van der Waals surface area contributed by atoms with Crippen molar-refractivity contribution in [3.63, 3.8) is 0 Å². The van der Waals surface area contributed by atoms with Crippen molar-refractivity contribution >= 4 is 34.2 Å². The molecule has 0 unspecified atom stereocenters. The largest absolute Gasteiger partial charge is 0.454 e. The Bertz CT molecular complexity index is 1370. The molecule has 2 aromatic heterocycles. The van der Waals surface area contributed by atoms with Crippen LogP contribution in [0, 0.1) is 0 Å². The molecule has 0 spiro atoms. The summed E-state index contributed by atoms with van der Waals surface area (Å²) in [6, 6.07) is 19.2. The summed E-state index contributed by atoms with van der Waals surface area (Å²) >= 11 is 6.30. The number of rotatable bonds is 4. The van der Waals surface area contributed by atoms with E-state index in [9.17, 15) is 9.59 Å². The van der Waals surface area contributed by atoms with Crippen LogP contribution in [0.25, 0.3) is 22.3 Å². The minimum atomic E-state index is -0.344. The molecule has 1 fully saturated rings. The van der Waals surface area contributed by atoms with E-state index in [1.54, 1.807) is 36.4 Å². The summed E-state index contributed by atoms with van der Waals surface area (Å²) in [6.07, 6.45) is 4.62. The van der Waals surface area contributed by atoms with Gasteiger partial charge in [0.1, 0.15) is 11.5 Å². The standard InChI is InChI=1S/C26H21ClN2O3/c27-19-11-4-3-9-17(19)24-15-23(30)18-10-5-13-21(25(18)32-24)29-26(31)22-14-6-12-20(28-22)16-7-1-2-8-16/h3-6,9-16H,1-2,7-8H2,(H,29,31). The summed E-state index contributed by atoms with van der Waals surface area (Å²) in [7, 11) is 0. The van der Waals surface area contributed by atoms with Crippen LogP contribution in [0.4, 0.5) is 5.69 Å². The molecule has 0 atom stereocenters. The Morgan fingerprint density at radius 3 is 2.59 bits per heavy atom. The maximum Gasteiger partial charge on any atom is 0.274 e. The Hall–Kier alpha value is -3.44. The Morgan fingerprint density at radius 1 is 1.00 bits per heavy atom. The van der Waals surface area contributed by atoms with Crippen molar-refractivity contribution in [2.45, 2.75) is 31.6 Å². The molecule has 0 bridgehead atoms. The van der Waals surface area contributed by atoms with Crippen molar-refractivity contribution in [1.29, 1.82) is 0 Å². The molecule has 32 heavy (non-hydrogen) atoms. The Morgan fingerprint density at radius 2 is 1.78 bits per heavy atom. The molecule has 0 aliphatic heterocycles. The first kappa shape index (κ1) is 20.5. The van der Waals surface area contributed by atoms with Gasteiger partial charge in [0, 0.05) is 23.2 Å². The summed E-state index contributed by atoms with van der Waals surface area (Å²) in [5.74, 6) is 0.413. The second-order valence-corrected chi connectivity index (χ2v) is 8.43. The van der Waals surface area contributed by atoms with Gasteiger partial charge in [-0.15, -0.1) is 0 Å². The molecule has 1 saturated carbocycles. The highest BCUT2D eigenvalue weighted by atomic mass is 35.5. The highest BCUT2D eigenvalue weighted by Gasteiger charge is 2.20. The fraction of sp³-hybridized carbons (Fsp3) is 0.192. The Kier molecular flexibility index (Phi) is 5.50. The number of aromatic nitrogens is 1. The first-order valence-corrected chi connectivity index (χ1v) is 11.1. The van der Waals surface area contributed by atoms with Crippen LogP contribution in [-0.4, -0.2) is 10.9 Å². The smallest absolute Gasteiger partial charge is 0.274 e. The third-order valence-corrected chi connectivity index (χ3v) is 6.25. The highest BCUT2D eigenvalue weighted by Crippen LogP contribution is 2.33. The molecular formula is C26H21ClN2O3. The lowest BCUT2D eigenvalue weighted by molar-refractivity contribution is 0.102. The zero-order valence-electron chi connectivity index (χ0n) is 17.3. The van der Waals surface area contributed by atoms with Gasteiger partial charge in [0.15, 0.2) is 11.0 Å². The summed E-state index contributed by atoms with van der Waals surface area (Å²) in [5.41, 5.74) is 2.41. The fourth-order valence-electron chi connectivity index (χ4n) is 4.28. The highest BCUT2D eigenvalue weighted by molar-refractivity contribution is 6.33. The van der Waals surface area contributed by atoms with E-state index in [1.165, 1.54) is 18.9 Å². The third kappa shape index (κ3) is 3.92. The number of pyridine rings is 1. The van der Waals surface area contributed by atoms with Gasteiger partial charge in [-0.3, -0.25) is 9.59 Å². The third-order valence-electron chi connectivity index (χ3n) is 5.92. The van der Waals surface area contributed by atoms with Crippen molar-refractivity contribution in [1.82, 2.24) is 4.98 Å². The van der Waals surface area contributed by atoms with Gasteiger partial charge in [-0.2, -0.15) is 0 Å². The predicted octanol–water partition coefficient (Wildman–Crippen LogP) is 6.42. The molecule has 1 N–H and O–H groups in total. The normalized spacial score (nSPS) is 14.0. The molecule has 6 heteroatoms. The fourth-order valence-corrected chi connectivity index (χ4v) is 4.51. The van der Waals surface area contributed by atoms with Gasteiger partial charge in [0.25, 0.3) is 5.91 Å². The van der Waals surface area contributed by atoms with Crippen molar-refractivity contribution in [3.05, 3.63) is 93.4 Å². The van der Waals surface area contributed by atoms with Gasteiger partial charge < -0.3 is 9.73 Å². The lowest BCUT2D eigenvalue weighted by Crippen LogP contribution is -2.15. The van der Waals surface area contributed by atoms with Crippen LogP contribution < -0.4 is 10.7 Å². The number of nitrogens with zero attached hydrogens (tertiary/aromatic N) is 1. The molecule has 0 saturated heterocycles. The van der Waals surface area contributed by atoms with Crippen LogP contribution in [0.1, 0.15) is 47.8 Å². The van der Waals surface area contributed by atoms with Crippen LogP contribution >= 0.6 is 11.6 Å². The topological polar surface area (TPSA) is 72.2 Å². The number of benzene rings is 2. The van der Waals surface area contributed by atoms with Crippen molar-refractivity contribution in [2.75, 3.05) is 5.32 Å². The molecule has 1 aliphatic rings. The van der Waals surface area contributed by atoms with E-state index in [0.717, 1.165) is 18.5 Å². The SMILES string of the molecule is O=C(Nc1cccc2c(=O)cc(-c3ccccc3Cl)oc12)c1cccc(C2CCCC2)n1. The molecule has 1 amide bonds. The van der Waals surface area contributed by atoms with Gasteiger partial charge >= 0.3 is 0 Å². The zero-order valence-corrected chi connectivity index (χ0v) is 18.1. The second-order valence-electron chi connectivity index (χ2n) is 8.02.